The van der Waals surface area contributed by atoms with Crippen LogP contribution < -0.4 is 15.8 Å². The van der Waals surface area contributed by atoms with Gasteiger partial charge in [0.15, 0.2) is 0 Å². The van der Waals surface area contributed by atoms with Crippen LogP contribution in [0.25, 0.3) is 11.0 Å². The van der Waals surface area contributed by atoms with Crippen molar-refractivity contribution in [1.82, 2.24) is 14.9 Å². The van der Waals surface area contributed by atoms with Gasteiger partial charge in [0.05, 0.1) is 23.8 Å². The number of ether oxygens (including phenoxy) is 1. The van der Waals surface area contributed by atoms with E-state index in [1.165, 1.54) is 0 Å². The Hall–Kier alpha value is -2.90. The molecule has 7 nitrogen and oxygen atoms in total. The van der Waals surface area contributed by atoms with Crippen molar-refractivity contribution in [3.63, 3.8) is 0 Å². The first-order valence-corrected chi connectivity index (χ1v) is 8.90. The Kier molecular flexibility index (Phi) is 6.40. The number of aromatic nitrogens is 2. The number of primary amides is 1. The van der Waals surface area contributed by atoms with Gasteiger partial charge in [0.2, 0.25) is 5.91 Å². The molecule has 0 aliphatic heterocycles. The molecule has 142 valence electrons. The van der Waals surface area contributed by atoms with Gasteiger partial charge in [0.25, 0.3) is 0 Å². The van der Waals surface area contributed by atoms with E-state index in [1.807, 2.05) is 30.6 Å². The van der Waals surface area contributed by atoms with E-state index in [2.05, 4.69) is 14.9 Å². The molecule has 1 atom stereocenters. The van der Waals surface area contributed by atoms with Crippen molar-refractivity contribution in [3.8, 4) is 5.75 Å². The van der Waals surface area contributed by atoms with Crippen molar-refractivity contribution >= 4 is 16.9 Å². The molecule has 1 amide bonds. The maximum Gasteiger partial charge on any atom is 0.221 e. The molecule has 0 bridgehead atoms. The van der Waals surface area contributed by atoms with E-state index in [0.717, 1.165) is 29.7 Å². The second-order valence-electron chi connectivity index (χ2n) is 6.38. The Balaban J connectivity index is 1.36. The van der Waals surface area contributed by atoms with Crippen LogP contribution in [0.3, 0.4) is 0 Å². The van der Waals surface area contributed by atoms with Crippen molar-refractivity contribution in [3.05, 3.63) is 60.4 Å². The molecule has 4 N–H and O–H groups in total. The summed E-state index contributed by atoms with van der Waals surface area (Å²) >= 11 is 0. The molecule has 1 aromatic heterocycles. The number of aliphatic hydroxyl groups excluding tert-OH is 1. The predicted octanol–water partition coefficient (Wildman–Crippen LogP) is 1.09. The first-order valence-electron chi connectivity index (χ1n) is 8.90. The van der Waals surface area contributed by atoms with Crippen LogP contribution in [-0.2, 0) is 17.8 Å². The van der Waals surface area contributed by atoms with Crippen molar-refractivity contribution in [2.75, 3.05) is 19.7 Å². The van der Waals surface area contributed by atoms with Crippen LogP contribution in [0.1, 0.15) is 5.56 Å². The number of carbonyl (C=O) groups is 1. The third-order valence-electron chi connectivity index (χ3n) is 4.18. The Bertz CT molecular complexity index is 876. The van der Waals surface area contributed by atoms with Crippen LogP contribution in [0, 0.1) is 0 Å². The largest absolute Gasteiger partial charge is 0.491 e. The zero-order valence-corrected chi connectivity index (χ0v) is 15.0. The molecule has 3 rings (SSSR count). The van der Waals surface area contributed by atoms with Gasteiger partial charge in [-0.15, -0.1) is 0 Å². The van der Waals surface area contributed by atoms with E-state index in [0.29, 0.717) is 12.3 Å². The van der Waals surface area contributed by atoms with E-state index >= 15 is 0 Å². The summed E-state index contributed by atoms with van der Waals surface area (Å²) in [5.74, 6) is 0.279. The number of nitrogens with two attached hydrogens (primary N) is 1. The smallest absolute Gasteiger partial charge is 0.221 e. The zero-order chi connectivity index (χ0) is 19.1. The van der Waals surface area contributed by atoms with Crippen LogP contribution >= 0.6 is 0 Å². The van der Waals surface area contributed by atoms with E-state index in [4.69, 9.17) is 10.5 Å². The molecule has 0 radical (unpaired) electrons. The summed E-state index contributed by atoms with van der Waals surface area (Å²) in [5.41, 5.74) is 8.08. The highest BCUT2D eigenvalue weighted by Gasteiger charge is 2.06. The lowest BCUT2D eigenvalue weighted by Crippen LogP contribution is -2.33. The molecule has 0 saturated heterocycles. The van der Waals surface area contributed by atoms with Gasteiger partial charge in [-0.2, -0.15) is 0 Å². The number of nitrogens with one attached hydrogen (secondary N) is 1. The standard InChI is InChI=1S/C20H24N4O3/c21-20(26)11-15-5-7-17(8-6-15)27-13-16(25)12-22-9-10-24-14-23-18-3-1-2-4-19(18)24/h1-8,14,16,22,25H,9-13H2,(H2,21,26). The molecule has 0 fully saturated rings. The van der Waals surface area contributed by atoms with Gasteiger partial charge in [-0.05, 0) is 29.8 Å². The maximum absolute atomic E-state index is 10.9. The van der Waals surface area contributed by atoms with Crippen molar-refractivity contribution in [1.29, 1.82) is 0 Å². The Labute approximate surface area is 157 Å². The Morgan fingerprint density at radius 3 is 2.78 bits per heavy atom. The fourth-order valence-electron chi connectivity index (χ4n) is 2.81. The van der Waals surface area contributed by atoms with Crippen molar-refractivity contribution < 1.29 is 14.6 Å². The molecule has 1 unspecified atom stereocenters. The highest BCUT2D eigenvalue weighted by molar-refractivity contribution is 5.76. The molecule has 0 spiro atoms. The first-order chi connectivity index (χ1) is 13.1. The van der Waals surface area contributed by atoms with Crippen LogP contribution in [0.5, 0.6) is 5.75 Å². The van der Waals surface area contributed by atoms with Crippen molar-refractivity contribution in [2.45, 2.75) is 19.1 Å². The number of para-hydroxylation sites is 2. The lowest BCUT2D eigenvalue weighted by Gasteiger charge is -2.14. The monoisotopic (exact) mass is 368 g/mol. The number of amides is 1. The first kappa shape index (κ1) is 18.9. The number of nitrogens with zero attached hydrogens (tertiary/aromatic N) is 2. The molecule has 3 aromatic rings. The fraction of sp³-hybridized carbons (Fsp3) is 0.300. The predicted molar refractivity (Wildman–Crippen MR) is 103 cm³/mol. The van der Waals surface area contributed by atoms with Gasteiger partial charge >= 0.3 is 0 Å². The normalized spacial score (nSPS) is 12.2. The molecule has 1 heterocycles. The SMILES string of the molecule is NC(=O)Cc1ccc(OCC(O)CNCCn2cnc3ccccc32)cc1. The van der Waals surface area contributed by atoms with Gasteiger partial charge in [0, 0.05) is 19.6 Å². The van der Waals surface area contributed by atoms with E-state index < -0.39 is 6.10 Å². The molecular weight excluding hydrogens is 344 g/mol. The number of aliphatic hydroxyl groups is 1. The lowest BCUT2D eigenvalue weighted by atomic mass is 10.1. The average molecular weight is 368 g/mol. The highest BCUT2D eigenvalue weighted by Crippen LogP contribution is 2.13. The topological polar surface area (TPSA) is 102 Å². The van der Waals surface area contributed by atoms with Gasteiger partial charge in [-0.1, -0.05) is 24.3 Å². The minimum Gasteiger partial charge on any atom is -0.491 e. The third kappa shape index (κ3) is 5.54. The summed E-state index contributed by atoms with van der Waals surface area (Å²) in [6, 6.07) is 15.1. The van der Waals surface area contributed by atoms with Gasteiger partial charge in [0.1, 0.15) is 18.5 Å². The quantitative estimate of drug-likeness (QED) is 0.465. The number of benzene rings is 2. The van der Waals surface area contributed by atoms with Crippen LogP contribution in [0.4, 0.5) is 0 Å². The number of hydrogen-bond donors (Lipinski definition) is 3. The molecule has 27 heavy (non-hydrogen) atoms. The number of carbonyl (C=O) groups excluding carboxylic acids is 1. The molecular formula is C20H24N4O3. The second kappa shape index (κ2) is 9.16. The summed E-state index contributed by atoms with van der Waals surface area (Å²) < 4.78 is 7.65. The summed E-state index contributed by atoms with van der Waals surface area (Å²) in [6.45, 7) is 2.12. The van der Waals surface area contributed by atoms with E-state index in [-0.39, 0.29) is 18.9 Å². The average Bonchev–Trinajstić information content (AvgIpc) is 3.07. The highest BCUT2D eigenvalue weighted by atomic mass is 16.5. The number of imidazole rings is 1. The lowest BCUT2D eigenvalue weighted by molar-refractivity contribution is -0.117. The van der Waals surface area contributed by atoms with E-state index in [9.17, 15) is 9.90 Å². The number of rotatable bonds is 10. The van der Waals surface area contributed by atoms with Gasteiger partial charge in [-0.25, -0.2) is 4.98 Å². The minimum atomic E-state index is -0.616. The molecule has 0 aliphatic carbocycles. The van der Waals surface area contributed by atoms with Gasteiger partial charge in [-0.3, -0.25) is 4.79 Å². The zero-order valence-electron chi connectivity index (χ0n) is 15.0. The van der Waals surface area contributed by atoms with E-state index in [1.54, 1.807) is 24.3 Å². The van der Waals surface area contributed by atoms with Crippen LogP contribution in [-0.4, -0.2) is 46.4 Å². The summed E-state index contributed by atoms with van der Waals surface area (Å²) in [4.78, 5) is 15.2. The van der Waals surface area contributed by atoms with Crippen molar-refractivity contribution in [2.24, 2.45) is 5.73 Å². The molecule has 0 saturated carbocycles. The summed E-state index contributed by atoms with van der Waals surface area (Å²) in [7, 11) is 0. The number of hydrogen-bond acceptors (Lipinski definition) is 5. The minimum absolute atomic E-state index is 0.191. The van der Waals surface area contributed by atoms with Gasteiger partial charge < -0.3 is 25.5 Å². The second-order valence-corrected chi connectivity index (χ2v) is 6.38. The molecule has 7 heteroatoms. The molecule has 0 aliphatic rings. The summed E-state index contributed by atoms with van der Waals surface area (Å²) in [5, 5.41) is 13.3. The van der Waals surface area contributed by atoms with Crippen LogP contribution in [0.15, 0.2) is 54.9 Å². The third-order valence-corrected chi connectivity index (χ3v) is 4.18. The number of fused-ring (bicyclic) bond motifs is 1. The molecule has 2 aromatic carbocycles. The maximum atomic E-state index is 10.9. The Morgan fingerprint density at radius 1 is 1.22 bits per heavy atom. The fourth-order valence-corrected chi connectivity index (χ4v) is 2.81. The Morgan fingerprint density at radius 2 is 2.00 bits per heavy atom. The summed E-state index contributed by atoms with van der Waals surface area (Å²) in [6.07, 6.45) is 1.42. The van der Waals surface area contributed by atoms with Crippen LogP contribution in [0.2, 0.25) is 0 Å².